The second-order valence-corrected chi connectivity index (χ2v) is 6.74. The van der Waals surface area contributed by atoms with E-state index in [1.54, 1.807) is 0 Å². The van der Waals surface area contributed by atoms with E-state index in [-0.39, 0.29) is 24.1 Å². The lowest BCUT2D eigenvalue weighted by molar-refractivity contribution is -0.140. The molecule has 0 aromatic rings. The quantitative estimate of drug-likeness (QED) is 0.346. The number of carbonyl (C=O) groups excluding carboxylic acids is 1. The van der Waals surface area contributed by atoms with Gasteiger partial charge in [-0.3, -0.25) is 4.79 Å². The van der Waals surface area contributed by atoms with Gasteiger partial charge in [-0.2, -0.15) is 0 Å². The standard InChI is InChI=1S/C19H34O4/c1-3-4-5-8-16(20)13-11-15-12-14-18(21)17(15)9-6-7-10-19(22)23-2/h11,13,15-18,20-21H,3-10,12,14H2,1-2H3/b13-11+/t15-,16?,17-,18-/m0/s1. The summed E-state index contributed by atoms with van der Waals surface area (Å²) in [5, 5.41) is 20.2. The van der Waals surface area contributed by atoms with Crippen molar-refractivity contribution >= 4 is 5.97 Å². The van der Waals surface area contributed by atoms with Gasteiger partial charge < -0.3 is 14.9 Å². The summed E-state index contributed by atoms with van der Waals surface area (Å²) in [6, 6.07) is 0. The maximum Gasteiger partial charge on any atom is 0.305 e. The van der Waals surface area contributed by atoms with Crippen LogP contribution in [0.15, 0.2) is 12.2 Å². The SMILES string of the molecule is CCCCCC(O)/C=C/[C@H]1CC[C@H](O)[C@H]1CCCCC(=O)OC. The highest BCUT2D eigenvalue weighted by molar-refractivity contribution is 5.68. The van der Waals surface area contributed by atoms with Crippen molar-refractivity contribution < 1.29 is 19.7 Å². The molecule has 0 aromatic heterocycles. The Labute approximate surface area is 140 Å². The highest BCUT2D eigenvalue weighted by Crippen LogP contribution is 2.36. The van der Waals surface area contributed by atoms with Gasteiger partial charge in [-0.15, -0.1) is 0 Å². The Morgan fingerprint density at radius 2 is 2.04 bits per heavy atom. The molecule has 0 heterocycles. The van der Waals surface area contributed by atoms with E-state index < -0.39 is 0 Å². The van der Waals surface area contributed by atoms with E-state index in [4.69, 9.17) is 0 Å². The molecular formula is C19H34O4. The Morgan fingerprint density at radius 1 is 1.26 bits per heavy atom. The molecule has 134 valence electrons. The number of unbranched alkanes of at least 4 members (excludes halogenated alkanes) is 3. The van der Waals surface area contributed by atoms with E-state index in [1.165, 1.54) is 13.5 Å². The second kappa shape index (κ2) is 11.6. The first-order valence-corrected chi connectivity index (χ1v) is 9.19. The predicted octanol–water partition coefficient (Wildman–Crippen LogP) is 3.60. The van der Waals surface area contributed by atoms with Gasteiger partial charge in [0, 0.05) is 6.42 Å². The number of aliphatic hydroxyl groups is 2. The summed E-state index contributed by atoms with van der Waals surface area (Å²) in [7, 11) is 1.41. The Bertz CT molecular complexity index is 353. The van der Waals surface area contributed by atoms with Crippen molar-refractivity contribution in [3.05, 3.63) is 12.2 Å². The highest BCUT2D eigenvalue weighted by Gasteiger charge is 2.32. The second-order valence-electron chi connectivity index (χ2n) is 6.74. The molecular weight excluding hydrogens is 292 g/mol. The fraction of sp³-hybridized carbons (Fsp3) is 0.842. The largest absolute Gasteiger partial charge is 0.469 e. The highest BCUT2D eigenvalue weighted by atomic mass is 16.5. The third-order valence-corrected chi connectivity index (χ3v) is 4.92. The van der Waals surface area contributed by atoms with Crippen LogP contribution in [0.5, 0.6) is 0 Å². The minimum absolute atomic E-state index is 0.163. The van der Waals surface area contributed by atoms with Gasteiger partial charge in [0.25, 0.3) is 0 Å². The third-order valence-electron chi connectivity index (χ3n) is 4.92. The van der Waals surface area contributed by atoms with Gasteiger partial charge in [0.2, 0.25) is 0 Å². The lowest BCUT2D eigenvalue weighted by atomic mass is 9.88. The zero-order valence-electron chi connectivity index (χ0n) is 14.7. The number of carbonyl (C=O) groups is 1. The number of hydrogen-bond donors (Lipinski definition) is 2. The van der Waals surface area contributed by atoms with Crippen LogP contribution in [0.3, 0.4) is 0 Å². The Hall–Kier alpha value is -0.870. The summed E-state index contributed by atoms with van der Waals surface area (Å²) in [4.78, 5) is 11.1. The molecule has 0 bridgehead atoms. The van der Waals surface area contributed by atoms with Gasteiger partial charge in [0.1, 0.15) is 0 Å². The minimum Gasteiger partial charge on any atom is -0.469 e. The van der Waals surface area contributed by atoms with Crippen molar-refractivity contribution in [1.29, 1.82) is 0 Å². The number of hydrogen-bond acceptors (Lipinski definition) is 4. The van der Waals surface area contributed by atoms with Gasteiger partial charge in [-0.25, -0.2) is 0 Å². The molecule has 0 aromatic carbocycles. The Balaban J connectivity index is 2.33. The molecule has 0 spiro atoms. The normalized spacial score (nSPS) is 25.8. The molecule has 0 radical (unpaired) electrons. The van der Waals surface area contributed by atoms with E-state index >= 15 is 0 Å². The summed E-state index contributed by atoms with van der Waals surface area (Å²) in [6.45, 7) is 2.16. The monoisotopic (exact) mass is 326 g/mol. The van der Waals surface area contributed by atoms with Crippen LogP contribution in [-0.4, -0.2) is 35.5 Å². The molecule has 4 nitrogen and oxygen atoms in total. The molecule has 4 atom stereocenters. The fourth-order valence-electron chi connectivity index (χ4n) is 3.44. The van der Waals surface area contributed by atoms with Crippen LogP contribution >= 0.6 is 0 Å². The van der Waals surface area contributed by atoms with Crippen LogP contribution in [-0.2, 0) is 9.53 Å². The predicted molar refractivity (Wildman–Crippen MR) is 92.0 cm³/mol. The van der Waals surface area contributed by atoms with Gasteiger partial charge in [0.15, 0.2) is 0 Å². The molecule has 4 heteroatoms. The smallest absolute Gasteiger partial charge is 0.305 e. The van der Waals surface area contributed by atoms with Crippen LogP contribution in [0.2, 0.25) is 0 Å². The molecule has 1 rings (SSSR count). The average Bonchev–Trinajstić information content (AvgIpc) is 2.89. The Kier molecular flexibility index (Phi) is 10.2. The summed E-state index contributed by atoms with van der Waals surface area (Å²) >= 11 is 0. The molecule has 0 aliphatic heterocycles. The number of aliphatic hydroxyl groups excluding tert-OH is 2. The number of rotatable bonds is 11. The van der Waals surface area contributed by atoms with Crippen LogP contribution in [0.4, 0.5) is 0 Å². The van der Waals surface area contributed by atoms with Crippen molar-refractivity contribution in [2.24, 2.45) is 11.8 Å². The van der Waals surface area contributed by atoms with Crippen LogP contribution in [0, 0.1) is 11.8 Å². The molecule has 1 aliphatic carbocycles. The molecule has 0 saturated heterocycles. The Morgan fingerprint density at radius 3 is 2.74 bits per heavy atom. The van der Waals surface area contributed by atoms with E-state index in [1.807, 2.05) is 6.08 Å². The topological polar surface area (TPSA) is 66.8 Å². The first kappa shape index (κ1) is 20.2. The number of methoxy groups -OCH3 is 1. The summed E-state index contributed by atoms with van der Waals surface area (Å²) < 4.78 is 4.64. The van der Waals surface area contributed by atoms with Crippen LogP contribution < -0.4 is 0 Å². The van der Waals surface area contributed by atoms with Gasteiger partial charge >= 0.3 is 5.97 Å². The van der Waals surface area contributed by atoms with Crippen molar-refractivity contribution in [1.82, 2.24) is 0 Å². The minimum atomic E-state index is -0.362. The average molecular weight is 326 g/mol. The zero-order valence-corrected chi connectivity index (χ0v) is 14.7. The van der Waals surface area contributed by atoms with Gasteiger partial charge in [-0.05, 0) is 43.9 Å². The third kappa shape index (κ3) is 7.98. The van der Waals surface area contributed by atoms with Crippen molar-refractivity contribution in [3.8, 4) is 0 Å². The van der Waals surface area contributed by atoms with Crippen molar-refractivity contribution in [3.63, 3.8) is 0 Å². The summed E-state index contributed by atoms with van der Waals surface area (Å²) in [5.74, 6) is 0.444. The van der Waals surface area contributed by atoms with Crippen LogP contribution in [0.1, 0.15) is 71.1 Å². The number of allylic oxidation sites excluding steroid dienone is 1. The summed E-state index contributed by atoms with van der Waals surface area (Å²) in [6.07, 6.45) is 12.6. The maximum absolute atomic E-state index is 11.1. The van der Waals surface area contributed by atoms with E-state index in [0.29, 0.717) is 12.3 Å². The summed E-state index contributed by atoms with van der Waals surface area (Å²) in [5.41, 5.74) is 0. The zero-order chi connectivity index (χ0) is 17.1. The number of ether oxygens (including phenoxy) is 1. The molecule has 1 aliphatic rings. The molecule has 2 N–H and O–H groups in total. The van der Waals surface area contributed by atoms with E-state index in [2.05, 4.69) is 17.7 Å². The molecule has 1 fully saturated rings. The van der Waals surface area contributed by atoms with E-state index in [9.17, 15) is 15.0 Å². The lowest BCUT2D eigenvalue weighted by Crippen LogP contribution is -2.18. The molecule has 23 heavy (non-hydrogen) atoms. The van der Waals surface area contributed by atoms with Crippen molar-refractivity contribution in [2.45, 2.75) is 83.3 Å². The lowest BCUT2D eigenvalue weighted by Gasteiger charge is -2.20. The van der Waals surface area contributed by atoms with Gasteiger partial charge in [-0.1, -0.05) is 44.8 Å². The van der Waals surface area contributed by atoms with Gasteiger partial charge in [0.05, 0.1) is 19.3 Å². The molecule has 1 saturated carbocycles. The number of esters is 1. The van der Waals surface area contributed by atoms with E-state index in [0.717, 1.165) is 51.4 Å². The first-order chi connectivity index (χ1) is 11.1. The van der Waals surface area contributed by atoms with Crippen molar-refractivity contribution in [2.75, 3.05) is 7.11 Å². The first-order valence-electron chi connectivity index (χ1n) is 9.19. The van der Waals surface area contributed by atoms with Crippen LogP contribution in [0.25, 0.3) is 0 Å². The fourth-order valence-corrected chi connectivity index (χ4v) is 3.44. The maximum atomic E-state index is 11.1. The molecule has 1 unspecified atom stereocenters. The molecule has 0 amide bonds.